The van der Waals surface area contributed by atoms with E-state index >= 15 is 0 Å². The first-order valence-electron chi connectivity index (χ1n) is 4.51. The van der Waals surface area contributed by atoms with Crippen LogP contribution in [-0.4, -0.2) is 20.1 Å². The second-order valence-electron chi connectivity index (χ2n) is 3.65. The summed E-state index contributed by atoms with van der Waals surface area (Å²) in [5.74, 6) is -0.721. The van der Waals surface area contributed by atoms with Gasteiger partial charge < -0.3 is 4.74 Å². The molecule has 1 heterocycles. The Morgan fingerprint density at radius 3 is 2.93 bits per heavy atom. The van der Waals surface area contributed by atoms with Gasteiger partial charge in [-0.1, -0.05) is 0 Å². The number of halogens is 2. The molecule has 0 radical (unpaired) electrons. The van der Waals surface area contributed by atoms with Gasteiger partial charge in [-0.25, -0.2) is 0 Å². The minimum Gasteiger partial charge on any atom is -0.460 e. The Bertz CT molecular complexity index is 389. The number of alkyl halides is 2. The highest BCUT2D eigenvalue weighted by Gasteiger charge is 2.57. The number of hydrogen-bond donors (Lipinski definition) is 0. The minimum absolute atomic E-state index is 0.215. The monoisotopic (exact) mass is 248 g/mol. The zero-order chi connectivity index (χ0) is 11.1. The van der Waals surface area contributed by atoms with Crippen molar-refractivity contribution in [3.63, 3.8) is 0 Å². The topological polar surface area (TPSA) is 44.1 Å². The van der Waals surface area contributed by atoms with Crippen molar-refractivity contribution in [1.82, 2.24) is 9.78 Å². The molecule has 2 rings (SSSR count). The zero-order valence-corrected chi connectivity index (χ0v) is 9.62. The van der Waals surface area contributed by atoms with Crippen LogP contribution < -0.4 is 0 Å². The first-order chi connectivity index (χ1) is 6.99. The molecule has 1 atom stereocenters. The van der Waals surface area contributed by atoms with Crippen LogP contribution in [0.25, 0.3) is 0 Å². The molecule has 1 aliphatic carbocycles. The molecule has 0 aliphatic heterocycles. The van der Waals surface area contributed by atoms with Gasteiger partial charge in [0.05, 0.1) is 12.1 Å². The van der Waals surface area contributed by atoms with E-state index in [4.69, 9.17) is 27.9 Å². The van der Waals surface area contributed by atoms with E-state index in [1.54, 1.807) is 24.1 Å². The van der Waals surface area contributed by atoms with Gasteiger partial charge in [-0.2, -0.15) is 5.10 Å². The second-order valence-corrected chi connectivity index (χ2v) is 5.19. The predicted molar refractivity (Wildman–Crippen MR) is 55.5 cm³/mol. The van der Waals surface area contributed by atoms with Gasteiger partial charge in [-0.15, -0.1) is 23.2 Å². The quantitative estimate of drug-likeness (QED) is 0.604. The van der Waals surface area contributed by atoms with Gasteiger partial charge in [0.1, 0.15) is 10.9 Å². The van der Waals surface area contributed by atoms with Crippen molar-refractivity contribution < 1.29 is 9.53 Å². The Kier molecular flexibility index (Phi) is 2.64. The number of aryl methyl sites for hydroxylation is 1. The van der Waals surface area contributed by atoms with Gasteiger partial charge in [-0.3, -0.25) is 9.48 Å². The molecule has 1 saturated carbocycles. The van der Waals surface area contributed by atoms with Crippen molar-refractivity contribution in [1.29, 1.82) is 0 Å². The molecule has 1 fully saturated rings. The van der Waals surface area contributed by atoms with Gasteiger partial charge in [0, 0.05) is 18.8 Å². The van der Waals surface area contributed by atoms with Crippen molar-refractivity contribution in [2.24, 2.45) is 13.0 Å². The molecule has 0 amide bonds. The molecule has 4 nitrogen and oxygen atoms in total. The summed E-state index contributed by atoms with van der Waals surface area (Å²) < 4.78 is 5.78. The molecule has 1 unspecified atom stereocenters. The average Bonchev–Trinajstić information content (AvgIpc) is 2.59. The Morgan fingerprint density at radius 2 is 2.47 bits per heavy atom. The number of carbonyl (C=O) groups is 1. The van der Waals surface area contributed by atoms with Crippen molar-refractivity contribution in [3.05, 3.63) is 18.0 Å². The van der Waals surface area contributed by atoms with Crippen molar-refractivity contribution in [2.75, 3.05) is 0 Å². The average molecular weight is 249 g/mol. The molecule has 1 aromatic heterocycles. The third-order valence-electron chi connectivity index (χ3n) is 2.25. The lowest BCUT2D eigenvalue weighted by atomic mass is 10.4. The molecule has 15 heavy (non-hydrogen) atoms. The number of hydrogen-bond acceptors (Lipinski definition) is 3. The first kappa shape index (κ1) is 10.8. The van der Waals surface area contributed by atoms with E-state index in [1.807, 2.05) is 0 Å². The summed E-state index contributed by atoms with van der Waals surface area (Å²) in [6, 6.07) is 0. The molecule has 0 N–H and O–H groups in total. The van der Waals surface area contributed by atoms with Crippen LogP contribution in [0, 0.1) is 5.92 Å². The standard InChI is InChI=1S/C9H10Cl2N2O2/c1-13-4-6(3-12-13)5-15-8(14)7-2-9(7,10)11/h3-4,7H,2,5H2,1H3. The van der Waals surface area contributed by atoms with Crippen LogP contribution in [0.4, 0.5) is 0 Å². The summed E-state index contributed by atoms with van der Waals surface area (Å²) in [6.45, 7) is 0.215. The highest BCUT2D eigenvalue weighted by Crippen LogP contribution is 2.53. The van der Waals surface area contributed by atoms with Crippen LogP contribution in [0.3, 0.4) is 0 Å². The third-order valence-corrected chi connectivity index (χ3v) is 3.09. The Labute approximate surface area is 97.1 Å². The maximum absolute atomic E-state index is 11.4. The molecule has 0 aromatic carbocycles. The van der Waals surface area contributed by atoms with E-state index in [2.05, 4.69) is 5.10 Å². The first-order valence-corrected chi connectivity index (χ1v) is 5.26. The van der Waals surface area contributed by atoms with E-state index in [9.17, 15) is 4.79 Å². The van der Waals surface area contributed by atoms with E-state index in [1.165, 1.54) is 0 Å². The maximum atomic E-state index is 11.4. The van der Waals surface area contributed by atoms with E-state index in [0.717, 1.165) is 5.56 Å². The van der Waals surface area contributed by atoms with Crippen LogP contribution in [0.15, 0.2) is 12.4 Å². The fourth-order valence-corrected chi connectivity index (χ4v) is 1.76. The summed E-state index contributed by atoms with van der Waals surface area (Å²) in [6.07, 6.45) is 3.91. The molecule has 1 aliphatic rings. The van der Waals surface area contributed by atoms with Gasteiger partial charge in [0.15, 0.2) is 0 Å². The summed E-state index contributed by atoms with van der Waals surface area (Å²) in [5, 5.41) is 3.96. The number of nitrogens with zero attached hydrogens (tertiary/aromatic N) is 2. The largest absolute Gasteiger partial charge is 0.460 e. The molecular weight excluding hydrogens is 239 g/mol. The van der Waals surface area contributed by atoms with Gasteiger partial charge >= 0.3 is 5.97 Å². The number of ether oxygens (including phenoxy) is 1. The smallest absolute Gasteiger partial charge is 0.312 e. The van der Waals surface area contributed by atoms with Crippen LogP contribution >= 0.6 is 23.2 Å². The maximum Gasteiger partial charge on any atom is 0.312 e. The molecule has 0 bridgehead atoms. The van der Waals surface area contributed by atoms with Crippen LogP contribution in [0.1, 0.15) is 12.0 Å². The second kappa shape index (κ2) is 3.68. The number of carbonyl (C=O) groups excluding carboxylic acids is 1. The van der Waals surface area contributed by atoms with E-state index < -0.39 is 4.33 Å². The van der Waals surface area contributed by atoms with Gasteiger partial charge in [0.25, 0.3) is 0 Å². The number of rotatable bonds is 3. The van der Waals surface area contributed by atoms with Gasteiger partial charge in [-0.05, 0) is 6.42 Å². The lowest BCUT2D eigenvalue weighted by Gasteiger charge is -2.02. The number of esters is 1. The lowest BCUT2D eigenvalue weighted by molar-refractivity contribution is -0.146. The lowest BCUT2D eigenvalue weighted by Crippen LogP contribution is -2.10. The van der Waals surface area contributed by atoms with Crippen molar-refractivity contribution in [2.45, 2.75) is 17.4 Å². The van der Waals surface area contributed by atoms with Crippen LogP contribution in [0.2, 0.25) is 0 Å². The fraction of sp³-hybridized carbons (Fsp3) is 0.556. The predicted octanol–water partition coefficient (Wildman–Crippen LogP) is 1.66. The Morgan fingerprint density at radius 1 is 1.80 bits per heavy atom. The summed E-state index contributed by atoms with van der Waals surface area (Å²) in [5.41, 5.74) is 0.848. The summed E-state index contributed by atoms with van der Waals surface area (Å²) in [4.78, 5) is 11.4. The highest BCUT2D eigenvalue weighted by atomic mass is 35.5. The Hall–Kier alpha value is -0.740. The normalized spacial score (nSPS) is 22.5. The summed E-state index contributed by atoms with van der Waals surface area (Å²) in [7, 11) is 1.80. The van der Waals surface area contributed by atoms with Crippen molar-refractivity contribution in [3.8, 4) is 0 Å². The van der Waals surface area contributed by atoms with Crippen LogP contribution in [-0.2, 0) is 23.2 Å². The molecule has 82 valence electrons. The Balaban J connectivity index is 1.82. The zero-order valence-electron chi connectivity index (χ0n) is 8.11. The minimum atomic E-state index is -0.911. The number of aromatic nitrogens is 2. The fourth-order valence-electron chi connectivity index (χ4n) is 1.27. The molecular formula is C9H10Cl2N2O2. The van der Waals surface area contributed by atoms with E-state index in [-0.39, 0.29) is 18.5 Å². The molecule has 0 saturated heterocycles. The van der Waals surface area contributed by atoms with Crippen molar-refractivity contribution >= 4 is 29.2 Å². The molecule has 6 heteroatoms. The highest BCUT2D eigenvalue weighted by molar-refractivity contribution is 6.52. The molecule has 0 spiro atoms. The SMILES string of the molecule is Cn1cc(COC(=O)C2CC2(Cl)Cl)cn1. The molecule has 1 aromatic rings. The van der Waals surface area contributed by atoms with E-state index in [0.29, 0.717) is 6.42 Å². The van der Waals surface area contributed by atoms with Crippen LogP contribution in [0.5, 0.6) is 0 Å². The van der Waals surface area contributed by atoms with Gasteiger partial charge in [0.2, 0.25) is 0 Å². The third kappa shape index (κ3) is 2.44. The summed E-state index contributed by atoms with van der Waals surface area (Å²) >= 11 is 11.5.